The van der Waals surface area contributed by atoms with Crippen molar-refractivity contribution < 1.29 is 19.5 Å². The third kappa shape index (κ3) is 3.34. The normalized spacial score (nSPS) is 11.5. The molecule has 18 heavy (non-hydrogen) atoms. The zero-order valence-electron chi connectivity index (χ0n) is 10.4. The van der Waals surface area contributed by atoms with Gasteiger partial charge in [-0.25, -0.2) is 14.6 Å². The van der Waals surface area contributed by atoms with Crippen LogP contribution in [0.4, 0.5) is 10.6 Å². The maximum absolute atomic E-state index is 11.5. The fourth-order valence-corrected chi connectivity index (χ4v) is 1.07. The number of carboxylic acid groups (broad SMARTS) is 1. The highest BCUT2D eigenvalue weighted by Crippen LogP contribution is 2.14. The molecule has 1 aromatic heterocycles. The molecule has 0 spiro atoms. The van der Waals surface area contributed by atoms with Crippen LogP contribution in [0.3, 0.4) is 0 Å². The number of carboxylic acids is 1. The largest absolute Gasteiger partial charge is 0.480 e. The maximum Gasteiger partial charge on any atom is 0.433 e. The van der Waals surface area contributed by atoms with Gasteiger partial charge in [0.1, 0.15) is 0 Å². The predicted octanol–water partition coefficient (Wildman–Crippen LogP) is 0.974. The summed E-state index contributed by atoms with van der Waals surface area (Å²) in [4.78, 5) is 32.6. The minimum Gasteiger partial charge on any atom is -0.480 e. The molecule has 1 aromatic rings. The summed E-state index contributed by atoms with van der Waals surface area (Å²) in [5.74, 6) is -0.866. The second kappa shape index (κ2) is 5.85. The zero-order chi connectivity index (χ0) is 13.7. The topological polar surface area (TPSA) is 83.0 Å². The van der Waals surface area contributed by atoms with Crippen molar-refractivity contribution in [2.45, 2.75) is 13.0 Å². The summed E-state index contributed by atoms with van der Waals surface area (Å²) in [6.45, 7) is 1.40. The SMILES string of the molecule is CC(C(=O)O)N(OC(=O)N(C)C)c1ccccn1. The highest BCUT2D eigenvalue weighted by atomic mass is 16.7. The molecule has 0 aliphatic carbocycles. The Balaban J connectivity index is 2.96. The van der Waals surface area contributed by atoms with Gasteiger partial charge in [0.2, 0.25) is 0 Å². The van der Waals surface area contributed by atoms with Crippen LogP contribution in [-0.4, -0.2) is 47.2 Å². The second-order valence-corrected chi connectivity index (χ2v) is 3.78. The van der Waals surface area contributed by atoms with Crippen LogP contribution in [0.15, 0.2) is 24.4 Å². The van der Waals surface area contributed by atoms with Crippen molar-refractivity contribution in [3.8, 4) is 0 Å². The Hall–Kier alpha value is -2.31. The van der Waals surface area contributed by atoms with Gasteiger partial charge in [0, 0.05) is 20.3 Å². The van der Waals surface area contributed by atoms with Gasteiger partial charge in [0.25, 0.3) is 0 Å². The van der Waals surface area contributed by atoms with E-state index in [1.165, 1.54) is 32.1 Å². The van der Waals surface area contributed by atoms with Crippen LogP contribution in [0.2, 0.25) is 0 Å². The predicted molar refractivity (Wildman–Crippen MR) is 64.0 cm³/mol. The summed E-state index contributed by atoms with van der Waals surface area (Å²) in [5, 5.41) is 9.95. The molecule has 98 valence electrons. The summed E-state index contributed by atoms with van der Waals surface area (Å²) in [5.41, 5.74) is 0. The van der Waals surface area contributed by atoms with Crippen molar-refractivity contribution in [2.75, 3.05) is 19.2 Å². The summed E-state index contributed by atoms with van der Waals surface area (Å²) in [7, 11) is 3.01. The van der Waals surface area contributed by atoms with Crippen LogP contribution in [-0.2, 0) is 9.63 Å². The van der Waals surface area contributed by atoms with E-state index in [0.29, 0.717) is 0 Å². The van der Waals surface area contributed by atoms with Gasteiger partial charge in [-0.3, -0.25) is 0 Å². The lowest BCUT2D eigenvalue weighted by molar-refractivity contribution is -0.139. The van der Waals surface area contributed by atoms with Gasteiger partial charge in [0.05, 0.1) is 0 Å². The number of anilines is 1. The summed E-state index contributed by atoms with van der Waals surface area (Å²) in [6.07, 6.45) is 0.814. The quantitative estimate of drug-likeness (QED) is 0.805. The molecular weight excluding hydrogens is 238 g/mol. The van der Waals surface area contributed by atoms with E-state index >= 15 is 0 Å². The van der Waals surface area contributed by atoms with Crippen LogP contribution in [0.1, 0.15) is 6.92 Å². The number of hydrogen-bond acceptors (Lipinski definition) is 5. The first-order valence-corrected chi connectivity index (χ1v) is 5.25. The minimum atomic E-state index is -1.12. The van der Waals surface area contributed by atoms with Crippen molar-refractivity contribution in [2.24, 2.45) is 0 Å². The Morgan fingerprint density at radius 3 is 2.50 bits per heavy atom. The van der Waals surface area contributed by atoms with Gasteiger partial charge >= 0.3 is 12.1 Å². The van der Waals surface area contributed by atoms with Crippen LogP contribution >= 0.6 is 0 Å². The Morgan fingerprint density at radius 1 is 1.39 bits per heavy atom. The number of hydrogen-bond donors (Lipinski definition) is 1. The maximum atomic E-state index is 11.5. The first-order chi connectivity index (χ1) is 8.43. The molecular formula is C11H15N3O4. The monoisotopic (exact) mass is 253 g/mol. The number of amides is 1. The first kappa shape index (κ1) is 13.8. The highest BCUT2D eigenvalue weighted by molar-refractivity contribution is 5.78. The number of hydroxylamine groups is 1. The smallest absolute Gasteiger partial charge is 0.433 e. The summed E-state index contributed by atoms with van der Waals surface area (Å²) >= 11 is 0. The minimum absolute atomic E-state index is 0.252. The number of aromatic nitrogens is 1. The highest BCUT2D eigenvalue weighted by Gasteiger charge is 2.26. The lowest BCUT2D eigenvalue weighted by Gasteiger charge is -2.26. The van der Waals surface area contributed by atoms with E-state index in [1.807, 2.05) is 0 Å². The lowest BCUT2D eigenvalue weighted by atomic mass is 10.3. The Bertz CT molecular complexity index is 422. The molecule has 1 amide bonds. The standard InChI is InChI=1S/C11H15N3O4/c1-8(10(15)16)14(18-11(17)13(2)3)9-6-4-5-7-12-9/h4-8H,1-3H3,(H,15,16). The molecule has 0 fully saturated rings. The van der Waals surface area contributed by atoms with E-state index in [4.69, 9.17) is 9.94 Å². The van der Waals surface area contributed by atoms with Crippen molar-refractivity contribution >= 4 is 17.9 Å². The average Bonchev–Trinajstić information content (AvgIpc) is 2.35. The van der Waals surface area contributed by atoms with Gasteiger partial charge in [-0.1, -0.05) is 6.07 Å². The van der Waals surface area contributed by atoms with Crippen molar-refractivity contribution in [3.63, 3.8) is 0 Å². The van der Waals surface area contributed by atoms with Crippen LogP contribution < -0.4 is 5.06 Å². The molecule has 0 aromatic carbocycles. The fraction of sp³-hybridized carbons (Fsp3) is 0.364. The number of carbonyl (C=O) groups is 2. The number of pyridine rings is 1. The molecule has 0 saturated heterocycles. The van der Waals surface area contributed by atoms with E-state index in [0.717, 1.165) is 5.06 Å². The zero-order valence-corrected chi connectivity index (χ0v) is 10.4. The van der Waals surface area contributed by atoms with E-state index in [-0.39, 0.29) is 5.82 Å². The van der Waals surface area contributed by atoms with Crippen LogP contribution in [0.25, 0.3) is 0 Å². The van der Waals surface area contributed by atoms with Crippen LogP contribution in [0, 0.1) is 0 Å². The van der Waals surface area contributed by atoms with Gasteiger partial charge in [-0.15, -0.1) is 0 Å². The Morgan fingerprint density at radius 2 is 2.06 bits per heavy atom. The fourth-order valence-electron chi connectivity index (χ4n) is 1.07. The number of aliphatic carboxylic acids is 1. The van der Waals surface area contributed by atoms with E-state index in [9.17, 15) is 9.59 Å². The van der Waals surface area contributed by atoms with E-state index < -0.39 is 18.1 Å². The number of carbonyl (C=O) groups excluding carboxylic acids is 1. The number of rotatable bonds is 4. The first-order valence-electron chi connectivity index (χ1n) is 5.25. The molecule has 0 aliphatic rings. The summed E-state index contributed by atoms with van der Waals surface area (Å²) < 4.78 is 0. The third-order valence-corrected chi connectivity index (χ3v) is 2.13. The molecule has 0 radical (unpaired) electrons. The second-order valence-electron chi connectivity index (χ2n) is 3.78. The van der Waals surface area contributed by atoms with Gasteiger partial charge < -0.3 is 14.8 Å². The van der Waals surface area contributed by atoms with E-state index in [2.05, 4.69) is 4.98 Å². The molecule has 1 N–H and O–H groups in total. The van der Waals surface area contributed by atoms with Gasteiger partial charge in [0.15, 0.2) is 11.9 Å². The molecule has 1 heterocycles. The molecule has 0 aliphatic heterocycles. The Labute approximate surface area is 105 Å². The molecule has 0 bridgehead atoms. The lowest BCUT2D eigenvalue weighted by Crippen LogP contribution is -2.43. The molecule has 1 atom stereocenters. The molecule has 1 unspecified atom stereocenters. The van der Waals surface area contributed by atoms with Gasteiger partial charge in [-0.05, 0) is 19.1 Å². The number of nitrogens with zero attached hydrogens (tertiary/aromatic N) is 3. The Kier molecular flexibility index (Phi) is 4.47. The molecule has 7 heteroatoms. The molecule has 0 saturated carbocycles. The van der Waals surface area contributed by atoms with Crippen LogP contribution in [0.5, 0.6) is 0 Å². The third-order valence-electron chi connectivity index (χ3n) is 2.13. The van der Waals surface area contributed by atoms with Crippen molar-refractivity contribution in [3.05, 3.63) is 24.4 Å². The molecule has 1 rings (SSSR count). The van der Waals surface area contributed by atoms with E-state index in [1.54, 1.807) is 18.2 Å². The van der Waals surface area contributed by atoms with Crippen molar-refractivity contribution in [1.82, 2.24) is 9.88 Å². The average molecular weight is 253 g/mol. The summed E-state index contributed by atoms with van der Waals surface area (Å²) in [6, 6.07) is 3.88. The van der Waals surface area contributed by atoms with Gasteiger partial charge in [-0.2, -0.15) is 5.06 Å². The van der Waals surface area contributed by atoms with Crippen molar-refractivity contribution in [1.29, 1.82) is 0 Å². The molecule has 7 nitrogen and oxygen atoms in total.